The first-order valence-electron chi connectivity index (χ1n) is 7.69. The molecule has 3 aromatic heterocycles. The zero-order valence-electron chi connectivity index (χ0n) is 15.5. The van der Waals surface area contributed by atoms with Crippen molar-refractivity contribution in [3.8, 4) is 17.2 Å². The molecular weight excluding hydrogens is 410 g/mol. The quantitative estimate of drug-likeness (QED) is 0.439. The molecule has 3 heterocycles. The molecule has 3 rings (SSSR count). The maximum atomic E-state index is 10.7. The van der Waals surface area contributed by atoms with E-state index in [1.54, 1.807) is 57.9 Å². The zero-order chi connectivity index (χ0) is 20.6. The number of rotatable bonds is 0. The average Bonchev–Trinajstić information content (AvgIpc) is 2.63. The normalized spacial score (nSPS) is 9.11. The molecule has 152 valence electrons. The fraction of sp³-hybridized carbons (Fsp3) is 0.167. The first-order valence-corrected chi connectivity index (χ1v) is 7.69. The van der Waals surface area contributed by atoms with E-state index in [0.29, 0.717) is 0 Å². The van der Waals surface area contributed by atoms with Gasteiger partial charge in [-0.05, 0) is 36.4 Å². The number of hydrogen-bond donors (Lipinski definition) is 3. The molecule has 0 atom stereocenters. The van der Waals surface area contributed by atoms with E-state index >= 15 is 0 Å². The van der Waals surface area contributed by atoms with E-state index in [4.69, 9.17) is 15.3 Å². The van der Waals surface area contributed by atoms with E-state index < -0.39 is 0 Å². The van der Waals surface area contributed by atoms with Crippen LogP contribution in [0.1, 0.15) is 0 Å². The van der Waals surface area contributed by atoms with E-state index in [-0.39, 0.29) is 51.0 Å². The SMILES string of the molecule is Cn1cccc(O)c1=O.Cn1cccc(O)c1=O.Cn1cccc(O)c1=O.[Fe]. The second-order valence-corrected chi connectivity index (χ2v) is 5.43. The van der Waals surface area contributed by atoms with Gasteiger partial charge in [-0.15, -0.1) is 0 Å². The van der Waals surface area contributed by atoms with Crippen LogP contribution in [0, 0.1) is 0 Å². The summed E-state index contributed by atoms with van der Waals surface area (Å²) >= 11 is 0. The molecule has 0 spiro atoms. The fourth-order valence-electron chi connectivity index (χ4n) is 1.75. The first-order chi connectivity index (χ1) is 12.6. The largest absolute Gasteiger partial charge is 0.503 e. The Morgan fingerprint density at radius 2 is 0.786 bits per heavy atom. The minimum Gasteiger partial charge on any atom is -0.503 e. The molecule has 0 bridgehead atoms. The van der Waals surface area contributed by atoms with E-state index in [9.17, 15) is 14.4 Å². The van der Waals surface area contributed by atoms with Crippen LogP contribution in [0.15, 0.2) is 69.4 Å². The van der Waals surface area contributed by atoms with Crippen LogP contribution in [-0.2, 0) is 38.2 Å². The summed E-state index contributed by atoms with van der Waals surface area (Å²) in [4.78, 5) is 32.0. The number of aromatic nitrogens is 3. The summed E-state index contributed by atoms with van der Waals surface area (Å²) in [7, 11) is 4.76. The van der Waals surface area contributed by atoms with E-state index in [1.807, 2.05) is 0 Å². The van der Waals surface area contributed by atoms with Crippen LogP contribution >= 0.6 is 0 Å². The number of hydrogen-bond acceptors (Lipinski definition) is 6. The third-order valence-electron chi connectivity index (χ3n) is 3.31. The number of aryl methyl sites for hydroxylation is 3. The number of pyridine rings is 3. The van der Waals surface area contributed by atoms with Gasteiger partial charge in [-0.1, -0.05) is 0 Å². The topological polar surface area (TPSA) is 127 Å². The molecule has 3 N–H and O–H groups in total. The summed E-state index contributed by atoms with van der Waals surface area (Å²) in [5, 5.41) is 26.3. The van der Waals surface area contributed by atoms with Gasteiger partial charge in [0.25, 0.3) is 16.7 Å². The Hall–Kier alpha value is -3.23. The maximum Gasteiger partial charge on any atom is 0.292 e. The molecule has 0 aliphatic rings. The molecule has 0 fully saturated rings. The number of nitrogens with zero attached hydrogens (tertiary/aromatic N) is 3. The summed E-state index contributed by atoms with van der Waals surface area (Å²) in [6.45, 7) is 0. The molecule has 0 saturated carbocycles. The molecule has 10 heteroatoms. The molecule has 0 radical (unpaired) electrons. The van der Waals surface area contributed by atoms with Gasteiger partial charge in [0.1, 0.15) is 0 Å². The monoisotopic (exact) mass is 431 g/mol. The molecular formula is C18H21FeN3O6. The Balaban J connectivity index is 0.000000384. The van der Waals surface area contributed by atoms with Crippen LogP contribution in [0.3, 0.4) is 0 Å². The van der Waals surface area contributed by atoms with E-state index in [1.165, 1.54) is 31.9 Å². The van der Waals surface area contributed by atoms with Gasteiger partial charge < -0.3 is 29.0 Å². The molecule has 0 aliphatic carbocycles. The summed E-state index contributed by atoms with van der Waals surface area (Å²) in [5.41, 5.74) is -1.09. The van der Waals surface area contributed by atoms with Gasteiger partial charge >= 0.3 is 0 Å². The van der Waals surface area contributed by atoms with Crippen LogP contribution in [0.5, 0.6) is 17.2 Å². The molecule has 0 amide bonds. The minimum atomic E-state index is -0.363. The average molecular weight is 431 g/mol. The summed E-state index contributed by atoms with van der Waals surface area (Å²) in [5.74, 6) is -0.625. The molecule has 0 saturated heterocycles. The van der Waals surface area contributed by atoms with E-state index in [0.717, 1.165) is 0 Å². The standard InChI is InChI=1S/3C6H7NO2.Fe/c3*1-7-4-2-3-5(8)6(7)9;/h3*2-4,8H,1H3;. The van der Waals surface area contributed by atoms with Crippen molar-refractivity contribution in [2.24, 2.45) is 21.1 Å². The summed E-state index contributed by atoms with van der Waals surface area (Å²) < 4.78 is 3.94. The van der Waals surface area contributed by atoms with Crippen LogP contribution in [0.2, 0.25) is 0 Å². The van der Waals surface area contributed by atoms with Crippen molar-refractivity contribution >= 4 is 0 Å². The molecule has 3 aromatic rings. The van der Waals surface area contributed by atoms with Crippen molar-refractivity contribution in [1.82, 2.24) is 13.7 Å². The molecule has 28 heavy (non-hydrogen) atoms. The Labute approximate surface area is 170 Å². The number of aromatic hydroxyl groups is 3. The van der Waals surface area contributed by atoms with Gasteiger partial charge in [-0.25, -0.2) is 0 Å². The Kier molecular flexibility index (Phi) is 10.2. The van der Waals surface area contributed by atoms with E-state index in [2.05, 4.69) is 0 Å². The predicted molar refractivity (Wildman–Crippen MR) is 100 cm³/mol. The van der Waals surface area contributed by atoms with Crippen molar-refractivity contribution < 1.29 is 32.4 Å². The predicted octanol–water partition coefficient (Wildman–Crippen LogP) is 0.270. The first kappa shape index (κ1) is 24.8. The van der Waals surface area contributed by atoms with Gasteiger partial charge in [0.15, 0.2) is 17.2 Å². The second kappa shape index (κ2) is 11.5. The fourth-order valence-corrected chi connectivity index (χ4v) is 1.75. The third-order valence-corrected chi connectivity index (χ3v) is 3.31. The Bertz CT molecular complexity index is 865. The molecule has 9 nitrogen and oxygen atoms in total. The van der Waals surface area contributed by atoms with Crippen LogP contribution in [0.4, 0.5) is 0 Å². The Morgan fingerprint density at radius 1 is 0.571 bits per heavy atom. The van der Waals surface area contributed by atoms with Crippen LogP contribution in [-0.4, -0.2) is 29.0 Å². The second-order valence-electron chi connectivity index (χ2n) is 5.43. The summed E-state index contributed by atoms with van der Waals surface area (Å²) in [6.07, 6.45) is 4.76. The van der Waals surface area contributed by atoms with Crippen molar-refractivity contribution in [2.45, 2.75) is 0 Å². The van der Waals surface area contributed by atoms with Crippen molar-refractivity contribution in [3.05, 3.63) is 86.1 Å². The summed E-state index contributed by atoms with van der Waals surface area (Å²) in [6, 6.07) is 8.91. The molecule has 0 unspecified atom stereocenters. The van der Waals surface area contributed by atoms with Gasteiger partial charge in [0, 0.05) is 56.8 Å². The third kappa shape index (κ3) is 7.18. The van der Waals surface area contributed by atoms with Crippen LogP contribution in [0.25, 0.3) is 0 Å². The van der Waals surface area contributed by atoms with Gasteiger partial charge in [0.05, 0.1) is 0 Å². The van der Waals surface area contributed by atoms with Crippen molar-refractivity contribution in [3.63, 3.8) is 0 Å². The van der Waals surface area contributed by atoms with Gasteiger partial charge in [-0.3, -0.25) is 14.4 Å². The van der Waals surface area contributed by atoms with Gasteiger partial charge in [0.2, 0.25) is 0 Å². The minimum absolute atomic E-state index is 0. The van der Waals surface area contributed by atoms with Crippen molar-refractivity contribution in [1.29, 1.82) is 0 Å². The van der Waals surface area contributed by atoms with Crippen LogP contribution < -0.4 is 16.7 Å². The Morgan fingerprint density at radius 3 is 0.929 bits per heavy atom. The maximum absolute atomic E-state index is 10.7. The molecule has 0 aromatic carbocycles. The van der Waals surface area contributed by atoms with Crippen molar-refractivity contribution in [2.75, 3.05) is 0 Å². The smallest absolute Gasteiger partial charge is 0.292 e. The molecule has 0 aliphatic heterocycles. The zero-order valence-corrected chi connectivity index (χ0v) is 16.6. The van der Waals surface area contributed by atoms with Gasteiger partial charge in [-0.2, -0.15) is 0 Å².